The molecule has 1 amide bonds. The van der Waals surface area contributed by atoms with E-state index in [1.807, 2.05) is 18.2 Å². The minimum atomic E-state index is -3.63. The van der Waals surface area contributed by atoms with Crippen LogP contribution in [0.15, 0.2) is 53.4 Å². The molecular weight excluding hydrogens is 460 g/mol. The van der Waals surface area contributed by atoms with Gasteiger partial charge in [-0.2, -0.15) is 4.31 Å². The largest absolute Gasteiger partial charge is 0.497 e. The van der Waals surface area contributed by atoms with Crippen molar-refractivity contribution in [2.75, 3.05) is 38.7 Å². The number of nitrogens with zero attached hydrogens (tertiary/aromatic N) is 1. The van der Waals surface area contributed by atoms with Crippen LogP contribution < -0.4 is 10.1 Å². The van der Waals surface area contributed by atoms with E-state index in [-0.39, 0.29) is 10.8 Å². The van der Waals surface area contributed by atoms with Crippen LogP contribution in [0.2, 0.25) is 0 Å². The predicted molar refractivity (Wildman–Crippen MR) is 128 cm³/mol. The lowest BCUT2D eigenvalue weighted by molar-refractivity contribution is 0.0730. The highest BCUT2D eigenvalue weighted by atomic mass is 32.2. The van der Waals surface area contributed by atoms with Gasteiger partial charge in [0.25, 0.3) is 5.91 Å². The molecule has 1 aromatic heterocycles. The van der Waals surface area contributed by atoms with Crippen LogP contribution >= 0.6 is 11.3 Å². The second-order valence-electron chi connectivity index (χ2n) is 7.99. The molecule has 2 heterocycles. The van der Waals surface area contributed by atoms with Crippen molar-refractivity contribution in [2.45, 2.75) is 17.7 Å². The molecule has 2 aromatic carbocycles. The lowest BCUT2D eigenvalue weighted by Crippen LogP contribution is -2.40. The van der Waals surface area contributed by atoms with Crippen molar-refractivity contribution in [3.63, 3.8) is 0 Å². The molecule has 1 aliphatic carbocycles. The first-order valence-electron chi connectivity index (χ1n) is 10.7. The Hall–Kier alpha value is -2.72. The first-order chi connectivity index (χ1) is 16.0. The Bertz CT molecular complexity index is 1310. The smallest absolute Gasteiger partial charge is 0.265 e. The maximum absolute atomic E-state index is 13.0. The van der Waals surface area contributed by atoms with Crippen molar-refractivity contribution in [1.82, 2.24) is 4.31 Å². The Balaban J connectivity index is 1.37. The van der Waals surface area contributed by atoms with E-state index in [0.717, 1.165) is 34.6 Å². The average molecular weight is 485 g/mol. The van der Waals surface area contributed by atoms with Crippen molar-refractivity contribution >= 4 is 33.0 Å². The van der Waals surface area contributed by atoms with Gasteiger partial charge in [-0.15, -0.1) is 11.3 Å². The molecule has 0 spiro atoms. The SMILES string of the molecule is COc1ccc2c(c1)CCc1cc(C(=O)Nc3cccc(S(=O)(=O)N4CCOCC4)c3)sc1-2. The van der Waals surface area contributed by atoms with Crippen LogP contribution in [-0.2, 0) is 27.6 Å². The highest BCUT2D eigenvalue weighted by Crippen LogP contribution is 2.41. The summed E-state index contributed by atoms with van der Waals surface area (Å²) in [7, 11) is -1.97. The molecule has 0 atom stereocenters. The number of benzene rings is 2. The summed E-state index contributed by atoms with van der Waals surface area (Å²) in [6, 6.07) is 14.4. The predicted octanol–water partition coefficient (Wildman–Crippen LogP) is 3.80. The monoisotopic (exact) mass is 484 g/mol. The number of aryl methyl sites for hydroxylation is 2. The topological polar surface area (TPSA) is 84.9 Å². The number of hydrogen-bond donors (Lipinski definition) is 1. The normalized spacial score (nSPS) is 16.0. The van der Waals surface area contributed by atoms with E-state index in [4.69, 9.17) is 9.47 Å². The van der Waals surface area contributed by atoms with Gasteiger partial charge in [-0.25, -0.2) is 8.42 Å². The molecule has 5 rings (SSSR count). The van der Waals surface area contributed by atoms with E-state index in [1.165, 1.54) is 27.3 Å². The number of rotatable bonds is 5. The zero-order valence-corrected chi connectivity index (χ0v) is 19.8. The fourth-order valence-electron chi connectivity index (χ4n) is 4.21. The van der Waals surface area contributed by atoms with E-state index < -0.39 is 10.0 Å². The second kappa shape index (κ2) is 8.90. The Morgan fingerprint density at radius 1 is 1.06 bits per heavy atom. The maximum atomic E-state index is 13.0. The van der Waals surface area contributed by atoms with Crippen LogP contribution in [0.3, 0.4) is 0 Å². The first-order valence-corrected chi connectivity index (χ1v) is 13.0. The minimum Gasteiger partial charge on any atom is -0.497 e. The van der Waals surface area contributed by atoms with E-state index in [1.54, 1.807) is 25.3 Å². The van der Waals surface area contributed by atoms with Gasteiger partial charge in [-0.3, -0.25) is 4.79 Å². The van der Waals surface area contributed by atoms with Crippen molar-refractivity contribution < 1.29 is 22.7 Å². The molecule has 1 N–H and O–H groups in total. The van der Waals surface area contributed by atoms with Gasteiger partial charge in [0.1, 0.15) is 5.75 Å². The number of thiophene rings is 1. The summed E-state index contributed by atoms with van der Waals surface area (Å²) in [5, 5.41) is 2.87. The highest BCUT2D eigenvalue weighted by molar-refractivity contribution is 7.89. The third kappa shape index (κ3) is 4.29. The highest BCUT2D eigenvalue weighted by Gasteiger charge is 2.27. The van der Waals surface area contributed by atoms with Crippen molar-refractivity contribution in [2.24, 2.45) is 0 Å². The quantitative estimate of drug-likeness (QED) is 0.596. The Morgan fingerprint density at radius 3 is 2.64 bits per heavy atom. The maximum Gasteiger partial charge on any atom is 0.265 e. The molecule has 9 heteroatoms. The van der Waals surface area contributed by atoms with E-state index in [9.17, 15) is 13.2 Å². The van der Waals surface area contributed by atoms with Crippen LogP contribution in [0.4, 0.5) is 5.69 Å². The molecule has 7 nitrogen and oxygen atoms in total. The molecule has 33 heavy (non-hydrogen) atoms. The number of anilines is 1. The number of carbonyl (C=O) groups is 1. The van der Waals surface area contributed by atoms with Gasteiger partial charge in [-0.1, -0.05) is 6.07 Å². The van der Waals surface area contributed by atoms with Crippen LogP contribution in [0.25, 0.3) is 10.4 Å². The number of sulfonamides is 1. The van der Waals surface area contributed by atoms with Gasteiger partial charge < -0.3 is 14.8 Å². The molecular formula is C24H24N2O5S2. The third-order valence-corrected chi connectivity index (χ3v) is 9.06. The molecule has 0 unspecified atom stereocenters. The number of fused-ring (bicyclic) bond motifs is 3. The lowest BCUT2D eigenvalue weighted by atomic mass is 9.91. The molecule has 1 saturated heterocycles. The fraction of sp³-hybridized carbons (Fsp3) is 0.292. The summed E-state index contributed by atoms with van der Waals surface area (Å²) in [4.78, 5) is 14.9. The van der Waals surface area contributed by atoms with Gasteiger partial charge >= 0.3 is 0 Å². The lowest BCUT2D eigenvalue weighted by Gasteiger charge is -2.26. The Kier molecular flexibility index (Phi) is 5.96. The van der Waals surface area contributed by atoms with Gasteiger partial charge in [0.05, 0.1) is 30.1 Å². The number of morpholine rings is 1. The summed E-state index contributed by atoms with van der Waals surface area (Å²) in [6.45, 7) is 1.42. The first kappa shape index (κ1) is 22.1. The van der Waals surface area contributed by atoms with Crippen molar-refractivity contribution in [3.05, 3.63) is 64.5 Å². The zero-order chi connectivity index (χ0) is 23.0. The third-order valence-electron chi connectivity index (χ3n) is 5.95. The molecule has 0 bridgehead atoms. The number of hydrogen-bond acceptors (Lipinski definition) is 6. The molecule has 1 aliphatic heterocycles. The van der Waals surface area contributed by atoms with Crippen LogP contribution in [-0.4, -0.2) is 52.0 Å². The standard InChI is InChI=1S/C24H24N2O5S2/c1-30-19-7-8-21-16(13-19)5-6-17-14-22(32-23(17)21)24(27)25-18-3-2-4-20(15-18)33(28,29)26-9-11-31-12-10-26/h2-4,7-8,13-15H,5-6,9-12H2,1H3,(H,25,27). The summed E-state index contributed by atoms with van der Waals surface area (Å²) >= 11 is 1.46. The summed E-state index contributed by atoms with van der Waals surface area (Å²) in [6.07, 6.45) is 1.77. The summed E-state index contributed by atoms with van der Waals surface area (Å²) in [5.74, 6) is 0.587. The minimum absolute atomic E-state index is 0.163. The van der Waals surface area contributed by atoms with Gasteiger partial charge in [0, 0.05) is 23.7 Å². The van der Waals surface area contributed by atoms with Crippen molar-refractivity contribution in [3.8, 4) is 16.2 Å². The summed E-state index contributed by atoms with van der Waals surface area (Å²) in [5.41, 5.74) is 3.97. The number of methoxy groups -OCH3 is 1. The van der Waals surface area contributed by atoms with Gasteiger partial charge in [-0.05, 0) is 72.0 Å². The average Bonchev–Trinajstić information content (AvgIpc) is 3.29. The Morgan fingerprint density at radius 2 is 1.85 bits per heavy atom. The van der Waals surface area contributed by atoms with Crippen LogP contribution in [0.1, 0.15) is 20.8 Å². The van der Waals surface area contributed by atoms with Gasteiger partial charge in [0.15, 0.2) is 0 Å². The second-order valence-corrected chi connectivity index (χ2v) is 11.0. The van der Waals surface area contributed by atoms with E-state index in [2.05, 4.69) is 11.4 Å². The summed E-state index contributed by atoms with van der Waals surface area (Å²) < 4.78 is 37.9. The van der Waals surface area contributed by atoms with E-state index in [0.29, 0.717) is 36.9 Å². The molecule has 1 fully saturated rings. The fourth-order valence-corrected chi connectivity index (χ4v) is 6.83. The molecule has 3 aromatic rings. The number of carbonyl (C=O) groups excluding carboxylic acids is 1. The van der Waals surface area contributed by atoms with Crippen LogP contribution in [0.5, 0.6) is 5.75 Å². The van der Waals surface area contributed by atoms with Gasteiger partial charge in [0.2, 0.25) is 10.0 Å². The van der Waals surface area contributed by atoms with Crippen molar-refractivity contribution in [1.29, 1.82) is 0 Å². The van der Waals surface area contributed by atoms with E-state index >= 15 is 0 Å². The molecule has 2 aliphatic rings. The molecule has 0 radical (unpaired) electrons. The molecule has 172 valence electrons. The number of ether oxygens (including phenoxy) is 2. The molecule has 0 saturated carbocycles. The number of nitrogens with one attached hydrogen (secondary N) is 1. The van der Waals surface area contributed by atoms with Crippen LogP contribution in [0, 0.1) is 0 Å². The zero-order valence-electron chi connectivity index (χ0n) is 18.2. The number of amides is 1. The Labute approximate surface area is 197 Å².